The van der Waals surface area contributed by atoms with Crippen molar-refractivity contribution in [1.29, 1.82) is 5.41 Å². The predicted octanol–water partition coefficient (Wildman–Crippen LogP) is 5.35. The molecule has 0 bridgehead atoms. The third-order valence-corrected chi connectivity index (χ3v) is 5.71. The maximum atomic E-state index is 13.3. The molecule has 7 heteroatoms. The molecule has 5 rings (SSSR count). The first-order valence-electron chi connectivity index (χ1n) is 11.1. The number of rotatable bonds is 8. The normalized spacial score (nSPS) is 12.5. The summed E-state index contributed by atoms with van der Waals surface area (Å²) in [6, 6.07) is 21.2. The van der Waals surface area contributed by atoms with Crippen LogP contribution in [0.1, 0.15) is 28.4 Å². The number of carbonyl (C=O) groups excluding carboxylic acids is 1. The second kappa shape index (κ2) is 9.23. The van der Waals surface area contributed by atoms with Gasteiger partial charge in [-0.2, -0.15) is 5.10 Å². The molecular formula is C27H24N4O3. The van der Waals surface area contributed by atoms with Crippen molar-refractivity contribution >= 4 is 12.2 Å². The Labute approximate surface area is 197 Å². The lowest BCUT2D eigenvalue weighted by Crippen LogP contribution is -2.23. The summed E-state index contributed by atoms with van der Waals surface area (Å²) in [6.45, 7) is 3.56. The quantitative estimate of drug-likeness (QED) is 0.289. The molecule has 0 atom stereocenters. The van der Waals surface area contributed by atoms with Crippen LogP contribution in [0.5, 0.6) is 17.2 Å². The van der Waals surface area contributed by atoms with E-state index in [2.05, 4.69) is 5.10 Å². The first-order valence-corrected chi connectivity index (χ1v) is 11.1. The van der Waals surface area contributed by atoms with Gasteiger partial charge in [0.25, 0.3) is 5.91 Å². The van der Waals surface area contributed by atoms with E-state index in [-0.39, 0.29) is 5.91 Å². The van der Waals surface area contributed by atoms with Crippen LogP contribution in [-0.2, 0) is 13.1 Å². The van der Waals surface area contributed by atoms with E-state index >= 15 is 0 Å². The number of nitrogens with one attached hydrogen (secondary N) is 1. The Kier molecular flexibility index (Phi) is 5.82. The van der Waals surface area contributed by atoms with Gasteiger partial charge in [-0.25, -0.2) is 4.68 Å². The van der Waals surface area contributed by atoms with E-state index in [0.717, 1.165) is 34.3 Å². The van der Waals surface area contributed by atoms with Crippen molar-refractivity contribution in [1.82, 2.24) is 14.7 Å². The summed E-state index contributed by atoms with van der Waals surface area (Å²) in [7, 11) is 0. The van der Waals surface area contributed by atoms with Crippen LogP contribution in [0.15, 0.2) is 79.1 Å². The first kappa shape index (κ1) is 21.5. The van der Waals surface area contributed by atoms with E-state index in [0.29, 0.717) is 36.8 Å². The number of fused-ring (bicyclic) bond motifs is 1. The number of amides is 1. The Balaban J connectivity index is 1.32. The fourth-order valence-electron chi connectivity index (χ4n) is 4.10. The predicted molar refractivity (Wildman–Crippen MR) is 130 cm³/mol. The molecule has 7 nitrogen and oxygen atoms in total. The van der Waals surface area contributed by atoms with Crippen LogP contribution < -0.4 is 9.47 Å². The maximum absolute atomic E-state index is 13.3. The molecule has 1 aliphatic rings. The lowest BCUT2D eigenvalue weighted by Gasteiger charge is -2.16. The fourth-order valence-corrected chi connectivity index (χ4v) is 4.10. The van der Waals surface area contributed by atoms with Gasteiger partial charge in [-0.15, -0.1) is 0 Å². The van der Waals surface area contributed by atoms with E-state index < -0.39 is 0 Å². The Morgan fingerprint density at radius 2 is 1.82 bits per heavy atom. The lowest BCUT2D eigenvalue weighted by atomic mass is 10.1. The number of ether oxygens (including phenoxy) is 2. The molecule has 170 valence electrons. The summed E-state index contributed by atoms with van der Waals surface area (Å²) < 4.78 is 13.1. The molecule has 1 amide bonds. The number of hydrogen-bond acceptors (Lipinski definition) is 5. The molecule has 0 unspecified atom stereocenters. The fraction of sp³-hybridized carbons (Fsp3) is 0.148. The van der Waals surface area contributed by atoms with Crippen molar-refractivity contribution < 1.29 is 14.3 Å². The van der Waals surface area contributed by atoms with Crippen molar-refractivity contribution in [2.45, 2.75) is 20.0 Å². The van der Waals surface area contributed by atoms with Crippen molar-refractivity contribution in [2.24, 2.45) is 0 Å². The topological polar surface area (TPSA) is 80.4 Å². The first-order chi connectivity index (χ1) is 16.6. The van der Waals surface area contributed by atoms with Crippen LogP contribution in [0.2, 0.25) is 0 Å². The molecule has 0 radical (unpaired) electrons. The molecule has 3 aromatic carbocycles. The highest BCUT2D eigenvalue weighted by Crippen LogP contribution is 2.35. The minimum absolute atomic E-state index is 0.0390. The van der Waals surface area contributed by atoms with Gasteiger partial charge >= 0.3 is 0 Å². The summed E-state index contributed by atoms with van der Waals surface area (Å²) in [5.41, 5.74) is 4.56. The highest BCUT2D eigenvalue weighted by Gasteiger charge is 2.31. The van der Waals surface area contributed by atoms with Gasteiger partial charge in [-0.3, -0.25) is 10.2 Å². The van der Waals surface area contributed by atoms with Gasteiger partial charge in [-0.05, 0) is 41.8 Å². The second-order valence-corrected chi connectivity index (χ2v) is 8.00. The van der Waals surface area contributed by atoms with Crippen molar-refractivity contribution in [3.63, 3.8) is 0 Å². The smallest absolute Gasteiger partial charge is 0.258 e. The van der Waals surface area contributed by atoms with Gasteiger partial charge in [-0.1, -0.05) is 42.5 Å². The van der Waals surface area contributed by atoms with E-state index in [9.17, 15) is 4.79 Å². The summed E-state index contributed by atoms with van der Waals surface area (Å²) in [5.74, 6) is 1.88. The summed E-state index contributed by atoms with van der Waals surface area (Å²) in [4.78, 5) is 15.1. The van der Waals surface area contributed by atoms with E-state index in [1.807, 2.05) is 78.6 Å². The molecule has 0 saturated carbocycles. The minimum atomic E-state index is -0.0390. The number of aromatic nitrogens is 2. The van der Waals surface area contributed by atoms with E-state index in [1.54, 1.807) is 12.4 Å². The van der Waals surface area contributed by atoms with Crippen LogP contribution in [0.4, 0.5) is 0 Å². The Morgan fingerprint density at radius 1 is 1.03 bits per heavy atom. The third-order valence-electron chi connectivity index (χ3n) is 5.71. The molecule has 0 saturated heterocycles. The summed E-state index contributed by atoms with van der Waals surface area (Å²) in [6.07, 6.45) is 4.68. The van der Waals surface area contributed by atoms with Crippen LogP contribution in [0.3, 0.4) is 0 Å². The Bertz CT molecular complexity index is 1340. The molecule has 1 N–H and O–H groups in total. The zero-order valence-corrected chi connectivity index (χ0v) is 18.8. The van der Waals surface area contributed by atoms with Gasteiger partial charge in [0.2, 0.25) is 0 Å². The molecule has 0 spiro atoms. The Morgan fingerprint density at radius 3 is 2.59 bits per heavy atom. The van der Waals surface area contributed by atoms with Crippen LogP contribution in [0.25, 0.3) is 11.1 Å². The van der Waals surface area contributed by atoms with Gasteiger partial charge in [0, 0.05) is 30.9 Å². The van der Waals surface area contributed by atoms with Crippen LogP contribution in [0, 0.1) is 5.41 Å². The summed E-state index contributed by atoms with van der Waals surface area (Å²) >= 11 is 0. The van der Waals surface area contributed by atoms with Gasteiger partial charge < -0.3 is 14.4 Å². The van der Waals surface area contributed by atoms with Crippen molar-refractivity contribution in [3.8, 4) is 28.4 Å². The lowest BCUT2D eigenvalue weighted by molar-refractivity contribution is 0.0765. The maximum Gasteiger partial charge on any atom is 0.258 e. The minimum Gasteiger partial charge on any atom is -0.494 e. The van der Waals surface area contributed by atoms with Crippen LogP contribution in [-0.4, -0.2) is 33.5 Å². The zero-order valence-electron chi connectivity index (χ0n) is 18.8. The number of nitrogens with zero attached hydrogens (tertiary/aromatic N) is 3. The average Bonchev–Trinajstić information content (AvgIpc) is 3.46. The molecule has 0 aliphatic carbocycles. The number of hydrogen-bond donors (Lipinski definition) is 1. The zero-order chi connectivity index (χ0) is 23.5. The van der Waals surface area contributed by atoms with Gasteiger partial charge in [0.1, 0.15) is 23.6 Å². The van der Waals surface area contributed by atoms with Gasteiger partial charge in [0.05, 0.1) is 18.4 Å². The van der Waals surface area contributed by atoms with Crippen LogP contribution >= 0.6 is 0 Å². The molecule has 4 aromatic rings. The average molecular weight is 453 g/mol. The molecule has 0 fully saturated rings. The highest BCUT2D eigenvalue weighted by atomic mass is 16.5. The molecule has 2 heterocycles. The number of benzene rings is 3. The number of carbonyl (C=O) groups is 1. The van der Waals surface area contributed by atoms with Crippen molar-refractivity contribution in [3.05, 3.63) is 95.8 Å². The monoisotopic (exact) mass is 452 g/mol. The molecule has 34 heavy (non-hydrogen) atoms. The van der Waals surface area contributed by atoms with Crippen molar-refractivity contribution in [2.75, 3.05) is 6.61 Å². The molecular weight excluding hydrogens is 428 g/mol. The van der Waals surface area contributed by atoms with Gasteiger partial charge in [0.15, 0.2) is 0 Å². The Hall–Kier alpha value is -4.39. The molecule has 1 aromatic heterocycles. The largest absolute Gasteiger partial charge is 0.494 e. The third kappa shape index (κ3) is 4.28. The van der Waals surface area contributed by atoms with E-state index in [1.165, 1.54) is 4.68 Å². The van der Waals surface area contributed by atoms with E-state index in [4.69, 9.17) is 14.9 Å². The standard InChI is InChI=1S/C27H24N4O3/c1-2-33-23-6-4-7-24(13-23)34-25-8-3-5-21-16-30(27(32)26(21)25)15-19-9-11-20(12-10-19)22-14-29-31(17-22)18-28/h3-14,17-18,28H,2,15-16H2,1H3. The SMILES string of the molecule is CCOc1cccc(Oc2cccc3c2C(=O)N(Cc2ccc(-c4cnn(C=N)c4)cc2)C3)c1. The molecule has 1 aliphatic heterocycles. The highest BCUT2D eigenvalue weighted by molar-refractivity contribution is 6.01. The summed E-state index contributed by atoms with van der Waals surface area (Å²) in [5, 5.41) is 11.4. The second-order valence-electron chi connectivity index (χ2n) is 8.00.